The first kappa shape index (κ1) is 16.3. The Kier molecular flexibility index (Phi) is 5.94. The summed E-state index contributed by atoms with van der Waals surface area (Å²) in [5.41, 5.74) is 2.28. The summed E-state index contributed by atoms with van der Waals surface area (Å²) in [5.74, 6) is 0. The Morgan fingerprint density at radius 2 is 2.00 bits per heavy atom. The highest BCUT2D eigenvalue weighted by Crippen LogP contribution is 2.37. The molecule has 0 saturated heterocycles. The Bertz CT molecular complexity index is 598. The van der Waals surface area contributed by atoms with Crippen molar-refractivity contribution in [2.24, 2.45) is 0 Å². The van der Waals surface area contributed by atoms with E-state index in [1.165, 1.54) is 10.4 Å². The summed E-state index contributed by atoms with van der Waals surface area (Å²) in [6.45, 7) is 5.21. The molecule has 1 heterocycles. The van der Waals surface area contributed by atoms with Crippen LogP contribution < -0.4 is 5.32 Å². The molecule has 0 spiro atoms. The van der Waals surface area contributed by atoms with Crippen molar-refractivity contribution in [2.45, 2.75) is 26.3 Å². The molecule has 5 heteroatoms. The minimum atomic E-state index is 0.0729. The van der Waals surface area contributed by atoms with Crippen LogP contribution in [0.4, 0.5) is 0 Å². The van der Waals surface area contributed by atoms with Crippen LogP contribution in [0.2, 0.25) is 10.0 Å². The summed E-state index contributed by atoms with van der Waals surface area (Å²) in [6.07, 6.45) is 1.07. The van der Waals surface area contributed by atoms with Crippen molar-refractivity contribution in [1.82, 2.24) is 5.32 Å². The lowest BCUT2D eigenvalue weighted by atomic mass is 9.99. The molecule has 0 aliphatic heterocycles. The second-order valence-electron chi connectivity index (χ2n) is 4.62. The molecule has 20 heavy (non-hydrogen) atoms. The Morgan fingerprint density at radius 1 is 1.25 bits per heavy atom. The van der Waals surface area contributed by atoms with Crippen LogP contribution in [-0.4, -0.2) is 6.54 Å². The van der Waals surface area contributed by atoms with Gasteiger partial charge in [0.1, 0.15) is 0 Å². The predicted octanol–water partition coefficient (Wildman–Crippen LogP) is 6.21. The molecule has 1 N–H and O–H groups in total. The van der Waals surface area contributed by atoms with Crippen molar-refractivity contribution < 1.29 is 0 Å². The van der Waals surface area contributed by atoms with Gasteiger partial charge in [-0.05, 0) is 71.2 Å². The number of hydrogen-bond acceptors (Lipinski definition) is 2. The third kappa shape index (κ3) is 3.77. The van der Waals surface area contributed by atoms with E-state index in [-0.39, 0.29) is 6.04 Å². The number of rotatable bonds is 5. The van der Waals surface area contributed by atoms with Crippen molar-refractivity contribution in [3.8, 4) is 0 Å². The lowest BCUT2D eigenvalue weighted by Crippen LogP contribution is -2.23. The van der Waals surface area contributed by atoms with Gasteiger partial charge in [-0.15, -0.1) is 11.3 Å². The van der Waals surface area contributed by atoms with E-state index < -0.39 is 0 Å². The summed E-state index contributed by atoms with van der Waals surface area (Å²) in [4.78, 5) is 1.28. The number of benzene rings is 1. The standard InChI is InChI=1S/C15H16BrCl2NS/c1-3-6-19-15(11-8-14(16)20-9(11)2)12-7-10(17)4-5-13(12)18/h4-5,7-8,15,19H,3,6H2,1-2H3. The molecule has 1 aromatic carbocycles. The van der Waals surface area contributed by atoms with Crippen molar-refractivity contribution in [2.75, 3.05) is 6.54 Å². The molecule has 0 amide bonds. The minimum absolute atomic E-state index is 0.0729. The van der Waals surface area contributed by atoms with Gasteiger partial charge in [0.05, 0.1) is 9.83 Å². The van der Waals surface area contributed by atoms with Gasteiger partial charge in [0.25, 0.3) is 0 Å². The fourth-order valence-corrected chi connectivity index (χ4v) is 4.31. The van der Waals surface area contributed by atoms with Crippen LogP contribution in [0, 0.1) is 6.92 Å². The maximum absolute atomic E-state index is 6.37. The van der Waals surface area contributed by atoms with Gasteiger partial charge in [-0.25, -0.2) is 0 Å². The van der Waals surface area contributed by atoms with E-state index in [2.05, 4.69) is 41.2 Å². The monoisotopic (exact) mass is 391 g/mol. The van der Waals surface area contributed by atoms with Gasteiger partial charge in [0.15, 0.2) is 0 Å². The quantitative estimate of drug-likeness (QED) is 0.637. The molecule has 0 radical (unpaired) electrons. The van der Waals surface area contributed by atoms with Crippen LogP contribution in [0.5, 0.6) is 0 Å². The van der Waals surface area contributed by atoms with Gasteiger partial charge < -0.3 is 5.32 Å². The maximum atomic E-state index is 6.37. The van der Waals surface area contributed by atoms with E-state index in [1.807, 2.05) is 18.2 Å². The fraction of sp³-hybridized carbons (Fsp3) is 0.333. The van der Waals surface area contributed by atoms with Gasteiger partial charge in [-0.3, -0.25) is 0 Å². The molecule has 1 nitrogen and oxygen atoms in total. The SMILES string of the molecule is CCCNC(c1cc(Cl)ccc1Cl)c1cc(Br)sc1C. The van der Waals surface area contributed by atoms with Gasteiger partial charge in [0.2, 0.25) is 0 Å². The molecular weight excluding hydrogens is 377 g/mol. The Hall–Kier alpha value is -0.0600. The first-order chi connectivity index (χ1) is 9.52. The van der Waals surface area contributed by atoms with E-state index in [0.717, 1.165) is 27.3 Å². The minimum Gasteiger partial charge on any atom is -0.306 e. The van der Waals surface area contributed by atoms with Crippen LogP contribution in [0.1, 0.15) is 35.4 Å². The average molecular weight is 393 g/mol. The van der Waals surface area contributed by atoms with Crippen LogP contribution in [0.25, 0.3) is 0 Å². The summed E-state index contributed by atoms with van der Waals surface area (Å²) >= 11 is 17.8. The molecule has 0 bridgehead atoms. The molecule has 2 aromatic rings. The summed E-state index contributed by atoms with van der Waals surface area (Å²) in [5, 5.41) is 5.02. The highest BCUT2D eigenvalue weighted by molar-refractivity contribution is 9.11. The van der Waals surface area contributed by atoms with Crippen LogP contribution in [0.3, 0.4) is 0 Å². The van der Waals surface area contributed by atoms with E-state index in [0.29, 0.717) is 5.02 Å². The van der Waals surface area contributed by atoms with Gasteiger partial charge in [-0.1, -0.05) is 30.1 Å². The van der Waals surface area contributed by atoms with Gasteiger partial charge in [-0.2, -0.15) is 0 Å². The molecule has 1 atom stereocenters. The second kappa shape index (κ2) is 7.28. The van der Waals surface area contributed by atoms with Crippen LogP contribution >= 0.6 is 50.5 Å². The number of halogens is 3. The first-order valence-corrected chi connectivity index (χ1v) is 8.83. The molecule has 2 rings (SSSR count). The summed E-state index contributed by atoms with van der Waals surface area (Å²) in [6, 6.07) is 7.85. The molecule has 0 aliphatic carbocycles. The number of nitrogens with one attached hydrogen (secondary N) is 1. The van der Waals surface area contributed by atoms with E-state index in [9.17, 15) is 0 Å². The van der Waals surface area contributed by atoms with Gasteiger partial charge >= 0.3 is 0 Å². The Balaban J connectivity index is 2.46. The summed E-state index contributed by atoms with van der Waals surface area (Å²) < 4.78 is 1.13. The zero-order valence-electron chi connectivity index (χ0n) is 11.3. The van der Waals surface area contributed by atoms with E-state index >= 15 is 0 Å². The van der Waals surface area contributed by atoms with Crippen molar-refractivity contribution in [1.29, 1.82) is 0 Å². The highest BCUT2D eigenvalue weighted by Gasteiger charge is 2.20. The molecule has 0 saturated carbocycles. The first-order valence-electron chi connectivity index (χ1n) is 6.47. The highest BCUT2D eigenvalue weighted by atomic mass is 79.9. The normalized spacial score (nSPS) is 12.7. The van der Waals surface area contributed by atoms with Crippen LogP contribution in [-0.2, 0) is 0 Å². The molecule has 0 fully saturated rings. The third-order valence-electron chi connectivity index (χ3n) is 3.10. The third-order valence-corrected chi connectivity index (χ3v) is 5.25. The molecule has 0 aliphatic rings. The maximum Gasteiger partial charge on any atom is 0.0704 e. The second-order valence-corrected chi connectivity index (χ2v) is 8.09. The largest absolute Gasteiger partial charge is 0.306 e. The van der Waals surface area contributed by atoms with Crippen molar-refractivity contribution in [3.05, 3.63) is 54.1 Å². The number of thiophene rings is 1. The smallest absolute Gasteiger partial charge is 0.0704 e. The van der Waals surface area contributed by atoms with Crippen molar-refractivity contribution >= 4 is 50.5 Å². The zero-order valence-corrected chi connectivity index (χ0v) is 15.3. The Morgan fingerprint density at radius 3 is 2.60 bits per heavy atom. The fourth-order valence-electron chi connectivity index (χ4n) is 2.16. The number of hydrogen-bond donors (Lipinski definition) is 1. The molecule has 108 valence electrons. The van der Waals surface area contributed by atoms with Crippen molar-refractivity contribution in [3.63, 3.8) is 0 Å². The number of aryl methyl sites for hydroxylation is 1. The predicted molar refractivity (Wildman–Crippen MR) is 93.4 cm³/mol. The zero-order chi connectivity index (χ0) is 14.7. The van der Waals surface area contributed by atoms with Crippen LogP contribution in [0.15, 0.2) is 28.1 Å². The van der Waals surface area contributed by atoms with Gasteiger partial charge in [0, 0.05) is 14.9 Å². The molecule has 1 aromatic heterocycles. The lowest BCUT2D eigenvalue weighted by molar-refractivity contribution is 0.598. The lowest BCUT2D eigenvalue weighted by Gasteiger charge is -2.21. The van der Waals surface area contributed by atoms with E-state index in [1.54, 1.807) is 11.3 Å². The summed E-state index contributed by atoms with van der Waals surface area (Å²) in [7, 11) is 0. The topological polar surface area (TPSA) is 12.0 Å². The van der Waals surface area contributed by atoms with E-state index in [4.69, 9.17) is 23.2 Å². The molecular formula is C15H16BrCl2NS. The Labute approximate surface area is 142 Å². The molecule has 1 unspecified atom stereocenters. The average Bonchev–Trinajstić information content (AvgIpc) is 2.73.